The summed E-state index contributed by atoms with van der Waals surface area (Å²) in [5.74, 6) is 1.39. The van der Waals surface area contributed by atoms with E-state index in [0.29, 0.717) is 18.8 Å². The molecule has 2 aromatic rings. The number of aromatic amines is 1. The lowest BCUT2D eigenvalue weighted by atomic mass is 10.1. The zero-order valence-corrected chi connectivity index (χ0v) is 11.0. The summed E-state index contributed by atoms with van der Waals surface area (Å²) in [6.45, 7) is 0.411. The summed E-state index contributed by atoms with van der Waals surface area (Å²) in [6, 6.07) is 7.50. The lowest BCUT2D eigenvalue weighted by Gasteiger charge is -2.16. The smallest absolute Gasteiger partial charge is 0.227 e. The van der Waals surface area contributed by atoms with E-state index in [2.05, 4.69) is 15.2 Å². The summed E-state index contributed by atoms with van der Waals surface area (Å²) in [4.78, 5) is 17.7. The second-order valence-corrected chi connectivity index (χ2v) is 4.17. The summed E-state index contributed by atoms with van der Waals surface area (Å²) >= 11 is 0. The van der Waals surface area contributed by atoms with Crippen LogP contribution in [0, 0.1) is 0 Å². The van der Waals surface area contributed by atoms with E-state index < -0.39 is 0 Å². The first-order chi connectivity index (χ1) is 9.20. The van der Waals surface area contributed by atoms with Gasteiger partial charge in [-0.2, -0.15) is 5.10 Å². The number of aromatic nitrogens is 3. The second kappa shape index (κ2) is 5.99. The maximum Gasteiger partial charge on any atom is 0.227 e. The number of H-pyrrole nitrogens is 1. The van der Waals surface area contributed by atoms with Crippen LogP contribution in [0.3, 0.4) is 0 Å². The van der Waals surface area contributed by atoms with Gasteiger partial charge < -0.3 is 9.64 Å². The highest BCUT2D eigenvalue weighted by Gasteiger charge is 2.13. The normalized spacial score (nSPS) is 10.2. The van der Waals surface area contributed by atoms with Crippen molar-refractivity contribution in [1.82, 2.24) is 20.1 Å². The van der Waals surface area contributed by atoms with Gasteiger partial charge in [-0.25, -0.2) is 4.98 Å². The number of nitrogens with zero attached hydrogens (tertiary/aromatic N) is 3. The Kier molecular flexibility index (Phi) is 4.12. The molecule has 0 aliphatic heterocycles. The topological polar surface area (TPSA) is 71.1 Å². The number of para-hydroxylation sites is 1. The minimum atomic E-state index is 0.000833. The van der Waals surface area contributed by atoms with Crippen LogP contribution in [0.25, 0.3) is 0 Å². The zero-order valence-electron chi connectivity index (χ0n) is 11.0. The number of likely N-dealkylation sites (N-methyl/N-ethyl adjacent to an activating group) is 1. The molecular formula is C13H16N4O2. The second-order valence-electron chi connectivity index (χ2n) is 4.17. The number of hydrogen-bond donors (Lipinski definition) is 1. The molecule has 0 radical (unpaired) electrons. The van der Waals surface area contributed by atoms with E-state index in [4.69, 9.17) is 4.74 Å². The number of carbonyl (C=O) groups excluding carboxylic acids is 1. The summed E-state index contributed by atoms with van der Waals surface area (Å²) in [5.41, 5.74) is 0.874. The van der Waals surface area contributed by atoms with Gasteiger partial charge in [-0.15, -0.1) is 0 Å². The largest absolute Gasteiger partial charge is 0.496 e. The van der Waals surface area contributed by atoms with Crippen molar-refractivity contribution in [1.29, 1.82) is 0 Å². The summed E-state index contributed by atoms with van der Waals surface area (Å²) in [6.07, 6.45) is 1.72. The van der Waals surface area contributed by atoms with Gasteiger partial charge in [-0.05, 0) is 6.07 Å². The molecule has 1 amide bonds. The van der Waals surface area contributed by atoms with Gasteiger partial charge in [0.2, 0.25) is 5.91 Å². The molecule has 19 heavy (non-hydrogen) atoms. The fourth-order valence-electron chi connectivity index (χ4n) is 1.77. The number of benzene rings is 1. The molecule has 0 spiro atoms. The number of methoxy groups -OCH3 is 1. The molecule has 6 heteroatoms. The highest BCUT2D eigenvalue weighted by molar-refractivity contribution is 5.79. The molecule has 0 saturated heterocycles. The van der Waals surface area contributed by atoms with E-state index in [9.17, 15) is 4.79 Å². The molecule has 0 atom stereocenters. The Balaban J connectivity index is 2.00. The SMILES string of the molecule is COc1ccccc1CC(=O)N(C)Cc1ncn[nH]1. The molecule has 0 bridgehead atoms. The van der Waals surface area contributed by atoms with Crippen molar-refractivity contribution in [3.8, 4) is 5.75 Å². The molecule has 2 rings (SSSR count). The monoisotopic (exact) mass is 260 g/mol. The standard InChI is InChI=1S/C13H16N4O2/c1-17(8-12-14-9-15-16-12)13(18)7-10-5-3-4-6-11(10)19-2/h3-6,9H,7-8H2,1-2H3,(H,14,15,16). The van der Waals surface area contributed by atoms with Gasteiger partial charge in [0.1, 0.15) is 17.9 Å². The van der Waals surface area contributed by atoms with Gasteiger partial charge in [0, 0.05) is 12.6 Å². The fourth-order valence-corrected chi connectivity index (χ4v) is 1.77. The van der Waals surface area contributed by atoms with Crippen molar-refractivity contribution in [3.63, 3.8) is 0 Å². The molecule has 100 valence electrons. The molecule has 0 saturated carbocycles. The number of carbonyl (C=O) groups is 1. The minimum absolute atomic E-state index is 0.000833. The summed E-state index contributed by atoms with van der Waals surface area (Å²) < 4.78 is 5.23. The van der Waals surface area contributed by atoms with E-state index in [1.165, 1.54) is 6.33 Å². The van der Waals surface area contributed by atoms with E-state index in [1.807, 2.05) is 24.3 Å². The van der Waals surface area contributed by atoms with E-state index in [1.54, 1.807) is 19.1 Å². The van der Waals surface area contributed by atoms with Crippen LogP contribution < -0.4 is 4.74 Å². The molecule has 0 unspecified atom stereocenters. The Morgan fingerprint density at radius 3 is 2.89 bits per heavy atom. The van der Waals surface area contributed by atoms with Crippen LogP contribution in [0.5, 0.6) is 5.75 Å². The third-order valence-corrected chi connectivity index (χ3v) is 2.81. The molecule has 0 aliphatic rings. The average Bonchev–Trinajstić information content (AvgIpc) is 2.92. The highest BCUT2D eigenvalue weighted by Crippen LogP contribution is 2.18. The van der Waals surface area contributed by atoms with Crippen molar-refractivity contribution in [2.24, 2.45) is 0 Å². The molecule has 1 aromatic heterocycles. The molecule has 6 nitrogen and oxygen atoms in total. The summed E-state index contributed by atoms with van der Waals surface area (Å²) in [5, 5.41) is 6.48. The van der Waals surface area contributed by atoms with Crippen LogP contribution >= 0.6 is 0 Å². The van der Waals surface area contributed by atoms with Gasteiger partial charge in [0.25, 0.3) is 0 Å². The third-order valence-electron chi connectivity index (χ3n) is 2.81. The average molecular weight is 260 g/mol. The van der Waals surface area contributed by atoms with Crippen LogP contribution in [0.1, 0.15) is 11.4 Å². The summed E-state index contributed by atoms with van der Waals surface area (Å²) in [7, 11) is 3.34. The predicted molar refractivity (Wildman–Crippen MR) is 69.6 cm³/mol. The number of amides is 1. The molecular weight excluding hydrogens is 244 g/mol. The fraction of sp³-hybridized carbons (Fsp3) is 0.308. The van der Waals surface area contributed by atoms with Gasteiger partial charge in [0.05, 0.1) is 20.1 Å². The lowest BCUT2D eigenvalue weighted by Crippen LogP contribution is -2.28. The molecule has 0 fully saturated rings. The number of ether oxygens (including phenoxy) is 1. The van der Waals surface area contributed by atoms with Crippen LogP contribution in [-0.2, 0) is 17.8 Å². The number of nitrogens with one attached hydrogen (secondary N) is 1. The van der Waals surface area contributed by atoms with Crippen molar-refractivity contribution in [2.45, 2.75) is 13.0 Å². The highest BCUT2D eigenvalue weighted by atomic mass is 16.5. The van der Waals surface area contributed by atoms with Gasteiger partial charge >= 0.3 is 0 Å². The van der Waals surface area contributed by atoms with Crippen LogP contribution in [-0.4, -0.2) is 40.1 Å². The predicted octanol–water partition coefficient (Wildman–Crippen LogP) is 1.01. The quantitative estimate of drug-likeness (QED) is 0.871. The Hall–Kier alpha value is -2.37. The van der Waals surface area contributed by atoms with E-state index in [0.717, 1.165) is 11.3 Å². The van der Waals surface area contributed by atoms with Gasteiger partial charge in [0.15, 0.2) is 0 Å². The van der Waals surface area contributed by atoms with Gasteiger partial charge in [-0.3, -0.25) is 9.89 Å². The minimum Gasteiger partial charge on any atom is -0.496 e. The van der Waals surface area contributed by atoms with Crippen molar-refractivity contribution in [3.05, 3.63) is 42.0 Å². The van der Waals surface area contributed by atoms with Crippen LogP contribution in [0.2, 0.25) is 0 Å². The van der Waals surface area contributed by atoms with E-state index >= 15 is 0 Å². The van der Waals surface area contributed by atoms with Crippen molar-refractivity contribution in [2.75, 3.05) is 14.2 Å². The van der Waals surface area contributed by atoms with Crippen LogP contribution in [0.4, 0.5) is 0 Å². The van der Waals surface area contributed by atoms with Crippen molar-refractivity contribution < 1.29 is 9.53 Å². The maximum atomic E-state index is 12.1. The molecule has 1 aromatic carbocycles. The number of hydrogen-bond acceptors (Lipinski definition) is 4. The molecule has 1 heterocycles. The molecule has 1 N–H and O–H groups in total. The van der Waals surface area contributed by atoms with Crippen molar-refractivity contribution >= 4 is 5.91 Å². The Morgan fingerprint density at radius 2 is 2.21 bits per heavy atom. The first-order valence-corrected chi connectivity index (χ1v) is 5.91. The van der Waals surface area contributed by atoms with Crippen LogP contribution in [0.15, 0.2) is 30.6 Å². The maximum absolute atomic E-state index is 12.1. The van der Waals surface area contributed by atoms with Gasteiger partial charge in [-0.1, -0.05) is 18.2 Å². The third kappa shape index (κ3) is 3.31. The first-order valence-electron chi connectivity index (χ1n) is 5.91. The first kappa shape index (κ1) is 13.1. The zero-order chi connectivity index (χ0) is 13.7. The Bertz CT molecular complexity index is 539. The van der Waals surface area contributed by atoms with E-state index in [-0.39, 0.29) is 5.91 Å². The molecule has 0 aliphatic carbocycles. The lowest BCUT2D eigenvalue weighted by molar-refractivity contribution is -0.129. The number of rotatable bonds is 5. The Morgan fingerprint density at radius 1 is 1.42 bits per heavy atom. The Labute approximate surface area is 111 Å².